The molecule has 1 nitrogen and oxygen atoms in total. The molecular formula is C16H34BIO. The van der Waals surface area contributed by atoms with Crippen molar-refractivity contribution in [3.8, 4) is 0 Å². The smallest absolute Gasteiger partial charge is 0.120 e. The maximum absolute atomic E-state index is 10.9. The van der Waals surface area contributed by atoms with Crippen molar-refractivity contribution in [3.05, 3.63) is 0 Å². The summed E-state index contributed by atoms with van der Waals surface area (Å²) < 4.78 is -0.528. The summed E-state index contributed by atoms with van der Waals surface area (Å²) in [4.78, 5) is 0. The van der Waals surface area contributed by atoms with Crippen molar-refractivity contribution in [1.82, 2.24) is 0 Å². The first-order chi connectivity index (χ1) is 8.93. The van der Waals surface area contributed by atoms with Gasteiger partial charge in [0.1, 0.15) is 11.5 Å². The Balaban J connectivity index is 4.51. The van der Waals surface area contributed by atoms with Crippen LogP contribution in [0.5, 0.6) is 0 Å². The van der Waals surface area contributed by atoms with Crippen LogP contribution in [0, 0.1) is 5.41 Å². The second-order valence-corrected chi connectivity index (χ2v) is 8.12. The lowest BCUT2D eigenvalue weighted by Crippen LogP contribution is -2.41. The highest BCUT2D eigenvalue weighted by atomic mass is 127. The summed E-state index contributed by atoms with van der Waals surface area (Å²) >= 11 is 2.32. The van der Waals surface area contributed by atoms with E-state index in [2.05, 4.69) is 51.2 Å². The molecule has 0 heterocycles. The Morgan fingerprint density at radius 2 is 1.37 bits per heavy atom. The molecule has 0 aromatic rings. The molecule has 0 rings (SSSR count). The number of alkyl halides is 1. The van der Waals surface area contributed by atoms with E-state index in [0.29, 0.717) is 0 Å². The van der Waals surface area contributed by atoms with Crippen LogP contribution in [0.4, 0.5) is 0 Å². The van der Waals surface area contributed by atoms with Crippen molar-refractivity contribution >= 4 is 30.4 Å². The minimum absolute atomic E-state index is 0.0898. The quantitative estimate of drug-likeness (QED) is 0.216. The summed E-state index contributed by atoms with van der Waals surface area (Å²) in [6.07, 6.45) is 13.4. The predicted molar refractivity (Wildman–Crippen MR) is 97.9 cm³/mol. The van der Waals surface area contributed by atoms with Gasteiger partial charge in [0.25, 0.3) is 0 Å². The minimum atomic E-state index is -0.528. The van der Waals surface area contributed by atoms with E-state index in [0.717, 1.165) is 12.7 Å². The second kappa shape index (κ2) is 10.5. The van der Waals surface area contributed by atoms with Crippen LogP contribution in [-0.2, 0) is 0 Å². The van der Waals surface area contributed by atoms with Crippen molar-refractivity contribution in [3.63, 3.8) is 0 Å². The first-order valence-corrected chi connectivity index (χ1v) is 9.42. The monoisotopic (exact) mass is 380 g/mol. The van der Waals surface area contributed by atoms with Gasteiger partial charge < -0.3 is 5.11 Å². The lowest BCUT2D eigenvalue weighted by atomic mass is 9.72. The summed E-state index contributed by atoms with van der Waals surface area (Å²) in [5.74, 6) is 0. The fourth-order valence-corrected chi connectivity index (χ4v) is 3.93. The SMILES string of the molecule is BCC[C@@](O)(I)C(C)(CCCCC)CCCCCC. The lowest BCUT2D eigenvalue weighted by molar-refractivity contribution is 0.00233. The van der Waals surface area contributed by atoms with Gasteiger partial charge in [-0.1, -0.05) is 72.0 Å². The zero-order valence-electron chi connectivity index (χ0n) is 13.6. The topological polar surface area (TPSA) is 20.2 Å². The highest BCUT2D eigenvalue weighted by molar-refractivity contribution is 14.1. The van der Waals surface area contributed by atoms with Gasteiger partial charge in [-0.3, -0.25) is 0 Å². The van der Waals surface area contributed by atoms with Crippen LogP contribution < -0.4 is 0 Å². The summed E-state index contributed by atoms with van der Waals surface area (Å²) in [7, 11) is 2.17. The molecule has 114 valence electrons. The first kappa shape index (κ1) is 19.8. The second-order valence-electron chi connectivity index (χ2n) is 6.34. The van der Waals surface area contributed by atoms with E-state index >= 15 is 0 Å². The van der Waals surface area contributed by atoms with E-state index in [4.69, 9.17) is 0 Å². The molecule has 0 aromatic heterocycles. The normalized spacial score (nSPS) is 17.9. The molecule has 0 bridgehead atoms. The summed E-state index contributed by atoms with van der Waals surface area (Å²) in [6.45, 7) is 6.82. The zero-order chi connectivity index (χ0) is 14.8. The Bertz CT molecular complexity index is 221. The molecule has 1 unspecified atom stereocenters. The number of aliphatic hydroxyl groups is 1. The van der Waals surface area contributed by atoms with Crippen LogP contribution in [0.2, 0.25) is 6.32 Å². The van der Waals surface area contributed by atoms with Crippen molar-refractivity contribution < 1.29 is 5.11 Å². The Morgan fingerprint density at radius 3 is 1.84 bits per heavy atom. The van der Waals surface area contributed by atoms with Crippen LogP contribution in [0.15, 0.2) is 0 Å². The molecule has 0 saturated heterocycles. The molecule has 0 fully saturated rings. The Labute approximate surface area is 135 Å². The zero-order valence-corrected chi connectivity index (χ0v) is 15.8. The van der Waals surface area contributed by atoms with Gasteiger partial charge in [0.05, 0.1) is 0 Å². The predicted octanol–water partition coefficient (Wildman–Crippen LogP) is 5.11. The van der Waals surface area contributed by atoms with Gasteiger partial charge >= 0.3 is 0 Å². The van der Waals surface area contributed by atoms with Crippen LogP contribution in [-0.4, -0.2) is 16.6 Å². The number of halogens is 1. The molecule has 0 aliphatic carbocycles. The molecule has 0 aliphatic heterocycles. The maximum atomic E-state index is 10.9. The van der Waals surface area contributed by atoms with Crippen LogP contribution >= 0.6 is 22.6 Å². The van der Waals surface area contributed by atoms with E-state index < -0.39 is 3.61 Å². The van der Waals surface area contributed by atoms with Gasteiger partial charge in [-0.15, -0.1) is 0 Å². The fraction of sp³-hybridized carbons (Fsp3) is 1.00. The lowest BCUT2D eigenvalue weighted by Gasteiger charge is -2.42. The van der Waals surface area contributed by atoms with Gasteiger partial charge in [-0.25, -0.2) is 0 Å². The Morgan fingerprint density at radius 1 is 0.895 bits per heavy atom. The third-order valence-electron chi connectivity index (χ3n) is 4.42. The Kier molecular flexibility index (Phi) is 10.9. The molecule has 3 heteroatoms. The average molecular weight is 380 g/mol. The highest BCUT2D eigenvalue weighted by Crippen LogP contribution is 2.47. The van der Waals surface area contributed by atoms with E-state index in [-0.39, 0.29) is 5.41 Å². The van der Waals surface area contributed by atoms with Gasteiger partial charge in [0, 0.05) is 5.41 Å². The summed E-state index contributed by atoms with van der Waals surface area (Å²) in [6, 6.07) is 0. The molecule has 1 N–H and O–H groups in total. The highest BCUT2D eigenvalue weighted by Gasteiger charge is 2.42. The van der Waals surface area contributed by atoms with Crippen molar-refractivity contribution in [2.45, 2.75) is 94.9 Å². The number of unbranched alkanes of at least 4 members (excludes halogenated alkanes) is 5. The molecule has 0 saturated carbocycles. The van der Waals surface area contributed by atoms with Gasteiger partial charge in [-0.2, -0.15) is 0 Å². The van der Waals surface area contributed by atoms with E-state index in [1.807, 2.05) is 0 Å². The van der Waals surface area contributed by atoms with Crippen LogP contribution in [0.1, 0.15) is 85.0 Å². The number of hydrogen-bond acceptors (Lipinski definition) is 1. The van der Waals surface area contributed by atoms with E-state index in [1.54, 1.807) is 0 Å². The van der Waals surface area contributed by atoms with Crippen molar-refractivity contribution in [2.24, 2.45) is 5.41 Å². The van der Waals surface area contributed by atoms with Gasteiger partial charge in [0.2, 0.25) is 0 Å². The summed E-state index contributed by atoms with van der Waals surface area (Å²) in [5.41, 5.74) is 0.0898. The largest absolute Gasteiger partial charge is 0.379 e. The van der Waals surface area contributed by atoms with Crippen LogP contribution in [0.3, 0.4) is 0 Å². The summed E-state index contributed by atoms with van der Waals surface area (Å²) in [5, 5.41) is 10.9. The molecule has 2 atom stereocenters. The molecule has 19 heavy (non-hydrogen) atoms. The molecule has 0 aliphatic rings. The third-order valence-corrected chi connectivity index (χ3v) is 6.26. The molecule has 0 aromatic carbocycles. The number of hydrogen-bond donors (Lipinski definition) is 1. The van der Waals surface area contributed by atoms with Crippen molar-refractivity contribution in [1.29, 1.82) is 0 Å². The molecule has 0 spiro atoms. The van der Waals surface area contributed by atoms with E-state index in [9.17, 15) is 5.11 Å². The van der Waals surface area contributed by atoms with Gasteiger partial charge in [-0.05, 0) is 41.9 Å². The molecule has 0 amide bonds. The maximum Gasteiger partial charge on any atom is 0.120 e. The first-order valence-electron chi connectivity index (χ1n) is 8.34. The Hall–Kier alpha value is 0.755. The van der Waals surface area contributed by atoms with Gasteiger partial charge in [0.15, 0.2) is 0 Å². The average Bonchev–Trinajstić information content (AvgIpc) is 2.35. The minimum Gasteiger partial charge on any atom is -0.379 e. The van der Waals surface area contributed by atoms with E-state index in [1.165, 1.54) is 57.8 Å². The number of rotatable bonds is 12. The third kappa shape index (κ3) is 7.36. The molecular weight excluding hydrogens is 346 g/mol. The molecule has 0 radical (unpaired) electrons. The fourth-order valence-electron chi connectivity index (χ4n) is 2.85. The standard InChI is InChI=1S/C16H34BIO/c1-4-6-8-10-12-15(3,11-9-7-5-2)16(18,19)13-14-17/h19H,4-14,17H2,1-3H3/t15?,16-/m0/s1. The van der Waals surface area contributed by atoms with Crippen molar-refractivity contribution in [2.75, 3.05) is 0 Å². The van der Waals surface area contributed by atoms with Crippen LogP contribution in [0.25, 0.3) is 0 Å².